The number of benzene rings is 2. The third kappa shape index (κ3) is 2.79. The molecule has 0 aliphatic heterocycles. The first-order valence-corrected chi connectivity index (χ1v) is 8.99. The zero-order chi connectivity index (χ0) is 16.5. The molecule has 0 spiro atoms. The lowest BCUT2D eigenvalue weighted by Crippen LogP contribution is -2.18. The summed E-state index contributed by atoms with van der Waals surface area (Å²) >= 11 is 0. The van der Waals surface area contributed by atoms with Gasteiger partial charge in [0.1, 0.15) is 0 Å². The summed E-state index contributed by atoms with van der Waals surface area (Å²) in [5, 5.41) is 0.265. The molecule has 0 aromatic heterocycles. The Labute approximate surface area is 131 Å². The van der Waals surface area contributed by atoms with Crippen LogP contribution in [0, 0.1) is 20.8 Å². The highest BCUT2D eigenvalue weighted by atomic mass is 31.2. The lowest BCUT2D eigenvalue weighted by Gasteiger charge is -2.19. The highest BCUT2D eigenvalue weighted by Gasteiger charge is 2.34. The first-order valence-electron chi connectivity index (χ1n) is 7.33. The summed E-state index contributed by atoms with van der Waals surface area (Å²) in [7, 11) is -4.12. The molecule has 116 valence electrons. The summed E-state index contributed by atoms with van der Waals surface area (Å²) in [4.78, 5) is 23.0. The monoisotopic (exact) mass is 316 g/mol. The van der Waals surface area contributed by atoms with Crippen LogP contribution in [0.15, 0.2) is 36.4 Å². The van der Waals surface area contributed by atoms with Gasteiger partial charge < -0.3 is 4.89 Å². The van der Waals surface area contributed by atoms with Crippen LogP contribution >= 0.6 is 7.37 Å². The molecule has 2 rings (SSSR count). The van der Waals surface area contributed by atoms with E-state index in [2.05, 4.69) is 0 Å². The molecular weight excluding hydrogens is 295 g/mol. The first-order chi connectivity index (χ1) is 10.3. The van der Waals surface area contributed by atoms with Gasteiger partial charge in [-0.15, -0.1) is 0 Å². The van der Waals surface area contributed by atoms with Crippen LogP contribution in [0.25, 0.3) is 0 Å². The van der Waals surface area contributed by atoms with Crippen molar-refractivity contribution in [1.29, 1.82) is 0 Å². The van der Waals surface area contributed by atoms with E-state index in [0.717, 1.165) is 28.7 Å². The van der Waals surface area contributed by atoms with Gasteiger partial charge in [0.25, 0.3) is 12.9 Å². The van der Waals surface area contributed by atoms with E-state index >= 15 is 0 Å². The maximum absolute atomic E-state index is 12.9. The standard InChI is InChI=1S/C18H21O3P/c1-5-15-11-17(14(4)12(2)13(15)3)22(20,21)18(19)16-9-7-6-8-10-16/h6-11H,5H2,1-4H3,(H,20,21). The average molecular weight is 316 g/mol. The molecule has 4 heteroatoms. The van der Waals surface area contributed by atoms with Crippen molar-refractivity contribution < 1.29 is 14.3 Å². The molecule has 0 aliphatic carbocycles. The second-order valence-electron chi connectivity index (χ2n) is 5.53. The van der Waals surface area contributed by atoms with Gasteiger partial charge in [0.2, 0.25) is 0 Å². The SMILES string of the molecule is CCc1cc(P(=O)(O)C(=O)c2ccccc2)c(C)c(C)c1C. The van der Waals surface area contributed by atoms with Crippen LogP contribution in [-0.2, 0) is 11.0 Å². The van der Waals surface area contributed by atoms with Crippen molar-refractivity contribution in [1.82, 2.24) is 0 Å². The van der Waals surface area contributed by atoms with E-state index in [1.165, 1.54) is 0 Å². The molecule has 2 aromatic carbocycles. The Morgan fingerprint density at radius 1 is 1.05 bits per heavy atom. The number of hydrogen-bond acceptors (Lipinski definition) is 2. The molecule has 0 radical (unpaired) electrons. The second-order valence-corrected chi connectivity index (χ2v) is 7.57. The zero-order valence-corrected chi connectivity index (χ0v) is 14.3. The molecule has 2 aromatic rings. The van der Waals surface area contributed by atoms with Gasteiger partial charge in [-0.3, -0.25) is 9.36 Å². The molecule has 0 saturated heterocycles. The molecule has 1 unspecified atom stereocenters. The number of carbonyl (C=O) groups excluding carboxylic acids is 1. The minimum atomic E-state index is -4.12. The first kappa shape index (κ1) is 16.7. The molecule has 0 aliphatic rings. The molecular formula is C18H21O3P. The lowest BCUT2D eigenvalue weighted by molar-refractivity contribution is 0.106. The Kier molecular flexibility index (Phi) is 4.69. The molecule has 3 nitrogen and oxygen atoms in total. The molecule has 1 atom stereocenters. The van der Waals surface area contributed by atoms with Gasteiger partial charge in [-0.05, 0) is 55.5 Å². The highest BCUT2D eigenvalue weighted by Crippen LogP contribution is 2.45. The second kappa shape index (κ2) is 6.20. The third-order valence-electron chi connectivity index (χ3n) is 4.31. The Bertz CT molecular complexity index is 764. The van der Waals surface area contributed by atoms with Crippen LogP contribution in [0.3, 0.4) is 0 Å². The van der Waals surface area contributed by atoms with Gasteiger partial charge in [-0.25, -0.2) is 0 Å². The van der Waals surface area contributed by atoms with Crippen molar-refractivity contribution in [2.24, 2.45) is 0 Å². The van der Waals surface area contributed by atoms with Crippen molar-refractivity contribution in [3.63, 3.8) is 0 Å². The van der Waals surface area contributed by atoms with E-state index in [1.54, 1.807) is 43.3 Å². The van der Waals surface area contributed by atoms with E-state index in [4.69, 9.17) is 0 Å². The zero-order valence-electron chi connectivity index (χ0n) is 13.4. The van der Waals surface area contributed by atoms with Crippen molar-refractivity contribution >= 4 is 18.2 Å². The average Bonchev–Trinajstić information content (AvgIpc) is 2.52. The van der Waals surface area contributed by atoms with Crippen molar-refractivity contribution in [2.45, 2.75) is 34.1 Å². The lowest BCUT2D eigenvalue weighted by atomic mass is 9.97. The number of rotatable bonds is 4. The summed E-state index contributed by atoms with van der Waals surface area (Å²) in [6.07, 6.45) is 0.763. The smallest absolute Gasteiger partial charge is 0.298 e. The summed E-state index contributed by atoms with van der Waals surface area (Å²) in [6.45, 7) is 7.74. The molecule has 1 N–H and O–H groups in total. The quantitative estimate of drug-likeness (QED) is 0.870. The van der Waals surface area contributed by atoms with E-state index < -0.39 is 12.9 Å². The molecule has 0 amide bonds. The van der Waals surface area contributed by atoms with Crippen LogP contribution in [0.1, 0.15) is 39.5 Å². The molecule has 0 saturated carbocycles. The van der Waals surface area contributed by atoms with E-state index in [1.807, 2.05) is 20.8 Å². The topological polar surface area (TPSA) is 54.4 Å². The minimum absolute atomic E-state index is 0.265. The third-order valence-corrected chi connectivity index (χ3v) is 6.23. The van der Waals surface area contributed by atoms with Crippen LogP contribution in [-0.4, -0.2) is 10.4 Å². The van der Waals surface area contributed by atoms with E-state index in [0.29, 0.717) is 0 Å². The predicted molar refractivity (Wildman–Crippen MR) is 90.3 cm³/mol. The molecule has 22 heavy (non-hydrogen) atoms. The van der Waals surface area contributed by atoms with Crippen LogP contribution in [0.2, 0.25) is 0 Å². The van der Waals surface area contributed by atoms with Crippen molar-refractivity contribution in [3.8, 4) is 0 Å². The molecule has 0 heterocycles. The number of hydrogen-bond donors (Lipinski definition) is 1. The predicted octanol–water partition coefficient (Wildman–Crippen LogP) is 3.91. The Morgan fingerprint density at radius 3 is 2.18 bits per heavy atom. The van der Waals surface area contributed by atoms with E-state index in [9.17, 15) is 14.3 Å². The fraction of sp³-hybridized carbons (Fsp3) is 0.278. The minimum Gasteiger partial charge on any atom is -0.336 e. The van der Waals surface area contributed by atoms with Gasteiger partial charge in [-0.2, -0.15) is 0 Å². The summed E-state index contributed by atoms with van der Waals surface area (Å²) in [5.74, 6) is 0. The van der Waals surface area contributed by atoms with Crippen LogP contribution in [0.4, 0.5) is 0 Å². The van der Waals surface area contributed by atoms with E-state index in [-0.39, 0.29) is 10.9 Å². The Hall–Kier alpha value is -1.70. The largest absolute Gasteiger partial charge is 0.336 e. The van der Waals surface area contributed by atoms with Gasteiger partial charge in [0.05, 0.1) is 0 Å². The van der Waals surface area contributed by atoms with Crippen LogP contribution < -0.4 is 5.30 Å². The highest BCUT2D eigenvalue weighted by molar-refractivity contribution is 7.82. The fourth-order valence-corrected chi connectivity index (χ4v) is 4.31. The summed E-state index contributed by atoms with van der Waals surface area (Å²) in [5.41, 5.74) is 3.39. The van der Waals surface area contributed by atoms with Gasteiger partial charge in [0.15, 0.2) is 0 Å². The fourth-order valence-electron chi connectivity index (χ4n) is 2.64. The van der Waals surface area contributed by atoms with Crippen LogP contribution in [0.5, 0.6) is 0 Å². The molecule has 0 fully saturated rings. The Morgan fingerprint density at radius 2 is 1.64 bits per heavy atom. The van der Waals surface area contributed by atoms with Gasteiger partial charge in [-0.1, -0.05) is 37.3 Å². The maximum Gasteiger partial charge on any atom is 0.298 e. The van der Waals surface area contributed by atoms with Gasteiger partial charge >= 0.3 is 0 Å². The normalized spacial score (nSPS) is 13.7. The Balaban J connectivity index is 2.62. The van der Waals surface area contributed by atoms with Gasteiger partial charge in [0, 0.05) is 10.9 Å². The maximum atomic E-state index is 12.9. The number of carbonyl (C=O) groups is 1. The molecule has 0 bridgehead atoms. The number of aryl methyl sites for hydroxylation is 1. The summed E-state index contributed by atoms with van der Waals surface area (Å²) in [6, 6.07) is 10.0. The summed E-state index contributed by atoms with van der Waals surface area (Å²) < 4.78 is 12.9. The van der Waals surface area contributed by atoms with Crippen molar-refractivity contribution in [2.75, 3.05) is 0 Å². The van der Waals surface area contributed by atoms with Crippen molar-refractivity contribution in [3.05, 3.63) is 64.2 Å².